The van der Waals surface area contributed by atoms with Crippen molar-refractivity contribution in [3.05, 3.63) is 47.0 Å². The van der Waals surface area contributed by atoms with Gasteiger partial charge in [-0.2, -0.15) is 0 Å². The van der Waals surface area contributed by atoms with Gasteiger partial charge in [0.15, 0.2) is 5.78 Å². The van der Waals surface area contributed by atoms with E-state index in [-0.39, 0.29) is 5.78 Å². The van der Waals surface area contributed by atoms with Crippen molar-refractivity contribution in [2.75, 3.05) is 0 Å². The minimum atomic E-state index is 0.0150. The maximum Gasteiger partial charge on any atom is 0.186 e. The summed E-state index contributed by atoms with van der Waals surface area (Å²) >= 11 is 6.24. The summed E-state index contributed by atoms with van der Waals surface area (Å²) in [6.07, 6.45) is 7.61. The average molecular weight is 249 g/mol. The first-order chi connectivity index (χ1) is 8.27. The van der Waals surface area contributed by atoms with Crippen LogP contribution in [0.25, 0.3) is 0 Å². The summed E-state index contributed by atoms with van der Waals surface area (Å²) in [7, 11) is 0. The van der Waals surface area contributed by atoms with Crippen LogP contribution in [0.15, 0.2) is 41.4 Å². The van der Waals surface area contributed by atoms with Crippen molar-refractivity contribution in [1.29, 1.82) is 0 Å². The molecule has 0 aromatic heterocycles. The van der Waals surface area contributed by atoms with E-state index in [0.717, 1.165) is 17.9 Å². The number of allylic oxidation sites excluding steroid dienone is 2. The van der Waals surface area contributed by atoms with Gasteiger partial charge in [-0.05, 0) is 18.8 Å². The molecular formula is C15H17ClO. The maximum atomic E-state index is 11.9. The van der Waals surface area contributed by atoms with E-state index in [0.29, 0.717) is 11.5 Å². The van der Waals surface area contributed by atoms with E-state index in [2.05, 4.69) is 0 Å². The third-order valence-electron chi connectivity index (χ3n) is 3.32. The summed E-state index contributed by atoms with van der Waals surface area (Å²) < 4.78 is 0. The smallest absolute Gasteiger partial charge is 0.186 e. The number of benzene rings is 1. The van der Waals surface area contributed by atoms with E-state index in [1.165, 1.54) is 19.3 Å². The molecule has 1 aromatic carbocycles. The fourth-order valence-electron chi connectivity index (χ4n) is 2.31. The lowest BCUT2D eigenvalue weighted by Crippen LogP contribution is -2.07. The highest BCUT2D eigenvalue weighted by molar-refractivity contribution is 6.32. The zero-order chi connectivity index (χ0) is 12.1. The Kier molecular flexibility index (Phi) is 4.38. The van der Waals surface area contributed by atoms with Crippen LogP contribution in [0.3, 0.4) is 0 Å². The van der Waals surface area contributed by atoms with Gasteiger partial charge in [0.05, 0.1) is 0 Å². The third kappa shape index (κ3) is 3.44. The second kappa shape index (κ2) is 6.02. The third-order valence-corrected chi connectivity index (χ3v) is 3.74. The fourth-order valence-corrected chi connectivity index (χ4v) is 2.62. The molecule has 1 saturated carbocycles. The first kappa shape index (κ1) is 12.4. The monoisotopic (exact) mass is 248 g/mol. The minimum Gasteiger partial charge on any atom is -0.289 e. The normalized spacial score (nSPS) is 18.1. The van der Waals surface area contributed by atoms with Crippen LogP contribution in [0.5, 0.6) is 0 Å². The van der Waals surface area contributed by atoms with Gasteiger partial charge in [-0.1, -0.05) is 61.2 Å². The lowest BCUT2D eigenvalue weighted by molar-refractivity contribution is 0.104. The highest BCUT2D eigenvalue weighted by Gasteiger charge is 2.17. The van der Waals surface area contributed by atoms with E-state index in [1.807, 2.05) is 30.3 Å². The van der Waals surface area contributed by atoms with Gasteiger partial charge in [-0.25, -0.2) is 0 Å². The van der Waals surface area contributed by atoms with Gasteiger partial charge < -0.3 is 0 Å². The van der Waals surface area contributed by atoms with Crippen molar-refractivity contribution in [3.8, 4) is 0 Å². The minimum absolute atomic E-state index is 0.0150. The summed E-state index contributed by atoms with van der Waals surface area (Å²) in [5.74, 6) is 0.416. The van der Waals surface area contributed by atoms with Gasteiger partial charge in [0, 0.05) is 16.7 Å². The molecule has 17 heavy (non-hydrogen) atoms. The number of carbonyl (C=O) groups excluding carboxylic acids is 1. The molecule has 90 valence electrons. The van der Waals surface area contributed by atoms with Crippen LogP contribution >= 0.6 is 11.6 Å². The highest BCUT2D eigenvalue weighted by atomic mass is 35.5. The Morgan fingerprint density at radius 3 is 2.41 bits per heavy atom. The summed E-state index contributed by atoms with van der Waals surface area (Å²) in [4.78, 5) is 11.9. The topological polar surface area (TPSA) is 17.1 Å². The zero-order valence-electron chi connectivity index (χ0n) is 9.86. The van der Waals surface area contributed by atoms with Crippen LogP contribution in [0.2, 0.25) is 0 Å². The maximum absolute atomic E-state index is 11.9. The molecule has 1 aromatic rings. The van der Waals surface area contributed by atoms with Crippen molar-refractivity contribution in [3.63, 3.8) is 0 Å². The van der Waals surface area contributed by atoms with Gasteiger partial charge in [0.1, 0.15) is 0 Å². The molecule has 2 heteroatoms. The number of ketones is 1. The molecular weight excluding hydrogens is 232 g/mol. The predicted molar refractivity (Wildman–Crippen MR) is 71.3 cm³/mol. The standard InChI is InChI=1S/C15H17ClO/c16-14(12-7-3-1-4-8-12)11-15(17)13-9-5-2-6-10-13/h2,5-6,9-12H,1,3-4,7-8H2/b14-11-. The second-order valence-electron chi connectivity index (χ2n) is 4.59. The van der Waals surface area contributed by atoms with Crippen LogP contribution in [0.1, 0.15) is 42.5 Å². The molecule has 0 unspecified atom stereocenters. The van der Waals surface area contributed by atoms with Crippen molar-refractivity contribution in [1.82, 2.24) is 0 Å². The highest BCUT2D eigenvalue weighted by Crippen LogP contribution is 2.31. The fraction of sp³-hybridized carbons (Fsp3) is 0.400. The van der Waals surface area contributed by atoms with E-state index in [4.69, 9.17) is 11.6 Å². The Balaban J connectivity index is 2.05. The molecule has 0 saturated heterocycles. The van der Waals surface area contributed by atoms with Crippen LogP contribution < -0.4 is 0 Å². The van der Waals surface area contributed by atoms with E-state index < -0.39 is 0 Å². The van der Waals surface area contributed by atoms with Crippen molar-refractivity contribution in [2.24, 2.45) is 5.92 Å². The first-order valence-electron chi connectivity index (χ1n) is 6.24. The largest absolute Gasteiger partial charge is 0.289 e. The molecule has 0 atom stereocenters. The molecule has 1 aliphatic rings. The number of hydrogen-bond acceptors (Lipinski definition) is 1. The molecule has 2 rings (SSSR count). The van der Waals surface area contributed by atoms with Crippen LogP contribution in [-0.4, -0.2) is 5.78 Å². The van der Waals surface area contributed by atoms with E-state index in [1.54, 1.807) is 6.08 Å². The number of hydrogen-bond donors (Lipinski definition) is 0. The Morgan fingerprint density at radius 2 is 1.76 bits per heavy atom. The summed E-state index contributed by atoms with van der Waals surface area (Å²) in [6, 6.07) is 9.29. The lowest BCUT2D eigenvalue weighted by Gasteiger charge is -2.20. The Morgan fingerprint density at radius 1 is 1.12 bits per heavy atom. The molecule has 1 nitrogen and oxygen atoms in total. The molecule has 0 N–H and O–H groups in total. The van der Waals surface area contributed by atoms with Gasteiger partial charge in [0.2, 0.25) is 0 Å². The number of halogens is 1. The molecule has 0 spiro atoms. The SMILES string of the molecule is O=C(/C=C(\Cl)C1CCCCC1)c1ccccc1. The quantitative estimate of drug-likeness (QED) is 0.566. The second-order valence-corrected chi connectivity index (χ2v) is 5.03. The average Bonchev–Trinajstić information content (AvgIpc) is 2.40. The molecule has 0 amide bonds. The van der Waals surface area contributed by atoms with Gasteiger partial charge in [-0.3, -0.25) is 4.79 Å². The van der Waals surface area contributed by atoms with Gasteiger partial charge in [-0.15, -0.1) is 0 Å². The summed E-state index contributed by atoms with van der Waals surface area (Å²) in [5.41, 5.74) is 0.710. The van der Waals surface area contributed by atoms with Crippen molar-refractivity contribution in [2.45, 2.75) is 32.1 Å². The molecule has 0 aliphatic heterocycles. The Labute approximate surface area is 107 Å². The van der Waals surface area contributed by atoms with Crippen molar-refractivity contribution >= 4 is 17.4 Å². The van der Waals surface area contributed by atoms with E-state index in [9.17, 15) is 4.79 Å². The summed E-state index contributed by atoms with van der Waals surface area (Å²) in [5, 5.41) is 0.735. The van der Waals surface area contributed by atoms with Crippen molar-refractivity contribution < 1.29 is 4.79 Å². The van der Waals surface area contributed by atoms with Crippen LogP contribution in [0, 0.1) is 5.92 Å². The summed E-state index contributed by atoms with van der Waals surface area (Å²) in [6.45, 7) is 0. The van der Waals surface area contributed by atoms with Crippen LogP contribution in [0.4, 0.5) is 0 Å². The zero-order valence-corrected chi connectivity index (χ0v) is 10.6. The lowest BCUT2D eigenvalue weighted by atomic mass is 9.88. The molecule has 0 bridgehead atoms. The Hall–Kier alpha value is -1.08. The number of rotatable bonds is 3. The Bertz CT molecular complexity index is 402. The van der Waals surface area contributed by atoms with E-state index >= 15 is 0 Å². The molecule has 0 radical (unpaired) electrons. The molecule has 1 fully saturated rings. The molecule has 1 aliphatic carbocycles. The van der Waals surface area contributed by atoms with Gasteiger partial charge in [0.25, 0.3) is 0 Å². The first-order valence-corrected chi connectivity index (χ1v) is 6.61. The predicted octanol–water partition coefficient (Wildman–Crippen LogP) is 4.57. The number of carbonyl (C=O) groups is 1. The molecule has 0 heterocycles. The van der Waals surface area contributed by atoms with Crippen LogP contribution in [-0.2, 0) is 0 Å². The van der Waals surface area contributed by atoms with Gasteiger partial charge >= 0.3 is 0 Å².